The molecule has 2 aliphatic heterocycles. The van der Waals surface area contributed by atoms with Crippen molar-refractivity contribution in [2.24, 2.45) is 5.92 Å². The van der Waals surface area contributed by atoms with Gasteiger partial charge in [-0.05, 0) is 70.6 Å². The number of carbonyl (C=O) groups is 1. The number of fused-ring (bicyclic) bond motifs is 1. The van der Waals surface area contributed by atoms with Gasteiger partial charge >= 0.3 is 6.09 Å². The molecule has 1 aromatic rings. The van der Waals surface area contributed by atoms with Gasteiger partial charge in [-0.2, -0.15) is 0 Å². The van der Waals surface area contributed by atoms with Crippen molar-refractivity contribution in [1.29, 1.82) is 0 Å². The molecule has 0 aromatic heterocycles. The largest absolute Gasteiger partial charge is 0.497 e. The van der Waals surface area contributed by atoms with Crippen molar-refractivity contribution < 1.29 is 24.5 Å². The molecule has 2 saturated heterocycles. The molecule has 3 aliphatic rings. The van der Waals surface area contributed by atoms with Crippen molar-refractivity contribution in [3.05, 3.63) is 29.8 Å². The highest BCUT2D eigenvalue weighted by Crippen LogP contribution is 2.52. The van der Waals surface area contributed by atoms with Crippen LogP contribution < -0.4 is 4.74 Å². The number of benzene rings is 1. The van der Waals surface area contributed by atoms with Crippen LogP contribution >= 0.6 is 0 Å². The summed E-state index contributed by atoms with van der Waals surface area (Å²) in [5.74, 6) is 0.677. The number of rotatable bonds is 4. The zero-order chi connectivity index (χ0) is 23.3. The van der Waals surface area contributed by atoms with E-state index in [2.05, 4.69) is 4.90 Å². The van der Waals surface area contributed by atoms with Crippen LogP contribution in [-0.4, -0.2) is 82.2 Å². The molecule has 1 aliphatic carbocycles. The summed E-state index contributed by atoms with van der Waals surface area (Å²) in [5, 5.41) is 22.0. The van der Waals surface area contributed by atoms with Crippen molar-refractivity contribution in [1.82, 2.24) is 9.80 Å². The maximum atomic E-state index is 12.8. The number of ether oxygens (including phenoxy) is 2. The van der Waals surface area contributed by atoms with E-state index in [1.54, 1.807) is 12.0 Å². The molecule has 0 radical (unpaired) electrons. The van der Waals surface area contributed by atoms with Crippen LogP contribution in [0.1, 0.15) is 52.0 Å². The SMILES string of the molecule is COc1ccc(C[C@H]2[C@@H](O)[C@H]3C[C@@]4(CC[C@H]3O)C[C@H](N(C)C(=O)OC(C)(C)C)CN24)cc1. The van der Waals surface area contributed by atoms with E-state index < -0.39 is 17.8 Å². The first-order chi connectivity index (χ1) is 15.0. The highest BCUT2D eigenvalue weighted by atomic mass is 16.6. The Hall–Kier alpha value is -1.83. The molecule has 1 spiro atoms. The fourth-order valence-corrected chi connectivity index (χ4v) is 6.08. The second kappa shape index (κ2) is 8.50. The summed E-state index contributed by atoms with van der Waals surface area (Å²) >= 11 is 0. The fraction of sp³-hybridized carbons (Fsp3) is 0.720. The molecule has 7 nitrogen and oxygen atoms in total. The van der Waals surface area contributed by atoms with E-state index in [0.717, 1.165) is 30.6 Å². The molecule has 2 bridgehead atoms. The second-order valence-electron chi connectivity index (χ2n) is 10.9. The lowest BCUT2D eigenvalue weighted by Gasteiger charge is -2.56. The van der Waals surface area contributed by atoms with Gasteiger partial charge in [0.15, 0.2) is 0 Å². The first-order valence-electron chi connectivity index (χ1n) is 11.7. The summed E-state index contributed by atoms with van der Waals surface area (Å²) in [6.07, 6.45) is 2.50. The second-order valence-corrected chi connectivity index (χ2v) is 10.9. The van der Waals surface area contributed by atoms with Gasteiger partial charge in [0, 0.05) is 37.1 Å². The number of piperidine rings is 1. The number of nitrogens with zero attached hydrogens (tertiary/aromatic N) is 2. The van der Waals surface area contributed by atoms with Crippen molar-refractivity contribution in [2.75, 3.05) is 20.7 Å². The number of likely N-dealkylation sites (N-methyl/N-ethyl adjacent to an activating group) is 1. The molecule has 3 fully saturated rings. The summed E-state index contributed by atoms with van der Waals surface area (Å²) in [7, 11) is 3.47. The van der Waals surface area contributed by atoms with E-state index in [1.165, 1.54) is 0 Å². The molecule has 1 aromatic carbocycles. The van der Waals surface area contributed by atoms with Crippen LogP contribution in [-0.2, 0) is 11.2 Å². The highest BCUT2D eigenvalue weighted by molar-refractivity contribution is 5.68. The quantitative estimate of drug-likeness (QED) is 0.740. The molecule has 1 saturated carbocycles. The minimum atomic E-state index is -0.605. The van der Waals surface area contributed by atoms with Gasteiger partial charge in [0.1, 0.15) is 11.4 Å². The van der Waals surface area contributed by atoms with Crippen LogP contribution in [0.3, 0.4) is 0 Å². The predicted octanol–water partition coefficient (Wildman–Crippen LogP) is 2.82. The van der Waals surface area contributed by atoms with Crippen molar-refractivity contribution in [3.8, 4) is 5.75 Å². The van der Waals surface area contributed by atoms with E-state index in [0.29, 0.717) is 19.4 Å². The van der Waals surface area contributed by atoms with Crippen LogP contribution in [0.15, 0.2) is 24.3 Å². The fourth-order valence-electron chi connectivity index (χ4n) is 6.08. The van der Waals surface area contributed by atoms with E-state index in [9.17, 15) is 15.0 Å². The number of aliphatic hydroxyl groups is 2. The third-order valence-electron chi connectivity index (χ3n) is 7.71. The Bertz CT molecular complexity index is 823. The van der Waals surface area contributed by atoms with Gasteiger partial charge in [-0.1, -0.05) is 12.1 Å². The minimum Gasteiger partial charge on any atom is -0.497 e. The van der Waals surface area contributed by atoms with E-state index in [4.69, 9.17) is 9.47 Å². The zero-order valence-corrected chi connectivity index (χ0v) is 20.0. The normalized spacial score (nSPS) is 34.7. The Morgan fingerprint density at radius 2 is 1.91 bits per heavy atom. The van der Waals surface area contributed by atoms with Crippen LogP contribution in [0.2, 0.25) is 0 Å². The molecule has 32 heavy (non-hydrogen) atoms. The molecule has 4 rings (SSSR count). The Morgan fingerprint density at radius 1 is 1.22 bits per heavy atom. The topological polar surface area (TPSA) is 82.5 Å². The Balaban J connectivity index is 1.58. The third-order valence-corrected chi connectivity index (χ3v) is 7.71. The van der Waals surface area contributed by atoms with Crippen LogP contribution in [0, 0.1) is 5.92 Å². The lowest BCUT2D eigenvalue weighted by atomic mass is 9.65. The molecule has 0 unspecified atom stereocenters. The third kappa shape index (κ3) is 4.35. The average molecular weight is 447 g/mol. The molecule has 1 amide bonds. The number of hydrogen-bond acceptors (Lipinski definition) is 6. The molecule has 178 valence electrons. The van der Waals surface area contributed by atoms with E-state index in [-0.39, 0.29) is 29.6 Å². The lowest BCUT2D eigenvalue weighted by Crippen LogP contribution is -2.66. The van der Waals surface area contributed by atoms with Crippen molar-refractivity contribution in [3.63, 3.8) is 0 Å². The molecular formula is C25H38N2O5. The van der Waals surface area contributed by atoms with Crippen LogP contribution in [0.4, 0.5) is 4.79 Å². The lowest BCUT2D eigenvalue weighted by molar-refractivity contribution is -0.146. The number of amides is 1. The first kappa shape index (κ1) is 23.3. The van der Waals surface area contributed by atoms with Crippen LogP contribution in [0.5, 0.6) is 5.75 Å². The Kier molecular flexibility index (Phi) is 6.20. The zero-order valence-electron chi connectivity index (χ0n) is 20.0. The number of carbonyl (C=O) groups excluding carboxylic acids is 1. The maximum Gasteiger partial charge on any atom is 0.410 e. The van der Waals surface area contributed by atoms with Gasteiger partial charge in [-0.15, -0.1) is 0 Å². The monoisotopic (exact) mass is 446 g/mol. The summed E-state index contributed by atoms with van der Waals surface area (Å²) in [4.78, 5) is 16.9. The number of hydrogen-bond donors (Lipinski definition) is 2. The minimum absolute atomic E-state index is 0.0180. The molecule has 2 N–H and O–H groups in total. The smallest absolute Gasteiger partial charge is 0.410 e. The highest BCUT2D eigenvalue weighted by Gasteiger charge is 2.59. The molecule has 7 heteroatoms. The van der Waals surface area contributed by atoms with E-state index >= 15 is 0 Å². The van der Waals surface area contributed by atoms with Crippen molar-refractivity contribution >= 4 is 6.09 Å². The first-order valence-corrected chi connectivity index (χ1v) is 11.7. The maximum absolute atomic E-state index is 12.8. The van der Waals surface area contributed by atoms with Gasteiger partial charge in [-0.3, -0.25) is 4.90 Å². The molecule has 2 heterocycles. The van der Waals surface area contributed by atoms with Crippen molar-refractivity contribution in [2.45, 2.75) is 88.3 Å². The van der Waals surface area contributed by atoms with E-state index in [1.807, 2.05) is 52.1 Å². The van der Waals surface area contributed by atoms with Gasteiger partial charge in [0.25, 0.3) is 0 Å². The van der Waals surface area contributed by atoms with Gasteiger partial charge < -0.3 is 24.6 Å². The summed E-state index contributed by atoms with van der Waals surface area (Å²) < 4.78 is 10.9. The summed E-state index contributed by atoms with van der Waals surface area (Å²) in [6.45, 7) is 6.34. The predicted molar refractivity (Wildman–Crippen MR) is 122 cm³/mol. The van der Waals surface area contributed by atoms with Gasteiger partial charge in [-0.25, -0.2) is 4.79 Å². The molecular weight excluding hydrogens is 408 g/mol. The summed E-state index contributed by atoms with van der Waals surface area (Å²) in [5.41, 5.74) is 0.493. The summed E-state index contributed by atoms with van der Waals surface area (Å²) in [6, 6.07) is 7.88. The number of methoxy groups -OCH3 is 1. The standard InChI is InChI=1S/C25H38N2O5/c1-24(2,3)32-23(30)26(4)17-13-25-11-10-21(28)19(14-25)22(29)20(27(25)15-17)12-16-6-8-18(31-5)9-7-16/h6-9,17,19-22,28-29H,10-15H2,1-5H3/t17-,19-,20-,21+,22-,25+/m0/s1. The van der Waals surface area contributed by atoms with Gasteiger partial charge in [0.2, 0.25) is 0 Å². The average Bonchev–Trinajstić information content (AvgIpc) is 3.11. The Labute approximate surface area is 191 Å². The van der Waals surface area contributed by atoms with Crippen LogP contribution in [0.25, 0.3) is 0 Å². The van der Waals surface area contributed by atoms with Gasteiger partial charge in [0.05, 0.1) is 19.3 Å². The number of aliphatic hydroxyl groups excluding tert-OH is 2. The molecule has 6 atom stereocenters. The Morgan fingerprint density at radius 3 is 2.53 bits per heavy atom.